The molecule has 0 unspecified atom stereocenters. The van der Waals surface area contributed by atoms with Crippen molar-refractivity contribution in [1.82, 2.24) is 9.97 Å². The van der Waals surface area contributed by atoms with Crippen LogP contribution in [0.4, 0.5) is 0 Å². The number of hydrogen-bond acceptors (Lipinski definition) is 3. The molecule has 6 rings (SSSR count). The van der Waals surface area contributed by atoms with Crippen molar-refractivity contribution in [3.8, 4) is 22.5 Å². The molecule has 0 saturated heterocycles. The fourth-order valence-corrected chi connectivity index (χ4v) is 7.89. The summed E-state index contributed by atoms with van der Waals surface area (Å²) >= 11 is 0.0211. The van der Waals surface area contributed by atoms with Crippen molar-refractivity contribution < 1.29 is 22.8 Å². The summed E-state index contributed by atoms with van der Waals surface area (Å²) in [7, 11) is 0. The summed E-state index contributed by atoms with van der Waals surface area (Å²) < 4.78 is 21.0. The van der Waals surface area contributed by atoms with Gasteiger partial charge in [-0.3, -0.25) is 0 Å². The summed E-state index contributed by atoms with van der Waals surface area (Å²) in [6, 6.07) is 34.9. The van der Waals surface area contributed by atoms with Gasteiger partial charge in [-0.05, 0) is 39.7 Å². The maximum absolute atomic E-state index is 8.56. The number of benzene rings is 3. The zero-order valence-corrected chi connectivity index (χ0v) is 29.7. The summed E-state index contributed by atoms with van der Waals surface area (Å²) in [5.74, 6) is 7.14. The van der Waals surface area contributed by atoms with Crippen LogP contribution in [0.25, 0.3) is 42.7 Å². The summed E-state index contributed by atoms with van der Waals surface area (Å²) in [6.45, 7) is 5.77. The molecule has 0 bridgehead atoms. The normalized spacial score (nSPS) is 12.6. The van der Waals surface area contributed by atoms with E-state index in [9.17, 15) is 0 Å². The van der Waals surface area contributed by atoms with E-state index in [1.165, 1.54) is 19.9 Å². The van der Waals surface area contributed by atoms with Gasteiger partial charge in [-0.1, -0.05) is 56.0 Å². The van der Waals surface area contributed by atoms with Crippen molar-refractivity contribution >= 4 is 49.2 Å². The minimum atomic E-state index is -1.72. The molecule has 0 amide bonds. The number of pyridine rings is 2. The van der Waals surface area contributed by atoms with Gasteiger partial charge >= 0.3 is 99.8 Å². The third-order valence-corrected chi connectivity index (χ3v) is 11.9. The summed E-state index contributed by atoms with van der Waals surface area (Å²) in [5.41, 5.74) is 3.94. The predicted octanol–water partition coefficient (Wildman–Crippen LogP) is 9.60. The molecule has 5 heteroatoms. The monoisotopic (exact) mass is 797 g/mol. The molecule has 0 spiro atoms. The van der Waals surface area contributed by atoms with E-state index >= 15 is 0 Å². The molecule has 0 aliphatic rings. The summed E-state index contributed by atoms with van der Waals surface area (Å²) in [4.78, 5) is 9.07. The maximum atomic E-state index is 8.56. The first-order valence-electron chi connectivity index (χ1n) is 14.6. The molecule has 6 aromatic rings. The predicted molar refractivity (Wildman–Crippen MR) is 176 cm³/mol. The molecular formula is C36H36GeIrN2S-2. The van der Waals surface area contributed by atoms with Gasteiger partial charge in [-0.2, -0.15) is 11.3 Å². The molecule has 0 aliphatic carbocycles. The van der Waals surface area contributed by atoms with E-state index in [0.717, 1.165) is 27.2 Å². The number of thiophene rings is 1. The van der Waals surface area contributed by atoms with Crippen LogP contribution in [0.15, 0.2) is 97.3 Å². The standard InChI is InChI=1S/C22H20NS.C14H16GeN.Ir/c1-22(2,3)14-15-11-12-23-19(13-15)18-9-6-8-17-16-7-4-5-10-20(16)24-21(17)18;1-15(2,3)13-9-10-14(16-11-13)12-7-5-4-6-8-12;/h4-8,10-13H,14H2,1-3H3;4-7,9-11H,1-3H3;/q2*-1;/i14D2;;. The Hall–Kier alpha value is -2.63. The molecule has 2 nitrogen and oxygen atoms in total. The quantitative estimate of drug-likeness (QED) is 0.131. The molecule has 41 heavy (non-hydrogen) atoms. The van der Waals surface area contributed by atoms with E-state index in [1.54, 1.807) is 23.6 Å². The molecule has 0 saturated carbocycles. The molecule has 3 heterocycles. The van der Waals surface area contributed by atoms with Gasteiger partial charge in [0.1, 0.15) is 0 Å². The van der Waals surface area contributed by atoms with Crippen LogP contribution in [-0.4, -0.2) is 23.2 Å². The van der Waals surface area contributed by atoms with Gasteiger partial charge < -0.3 is 4.98 Å². The minimum absolute atomic E-state index is 0. The molecule has 0 N–H and O–H groups in total. The SMILES string of the molecule is [2H]C([2H])(c1ccnc(-c2[c-]ccc3c2sc2ccccc23)c1)C(C)(C)C.[CH3][Ge]([CH3])([CH3])[c]1ccc(-c2[c-]cccc2)nc1.[Ir]. The number of fused-ring (bicyclic) bond motifs is 3. The zero-order valence-electron chi connectivity index (χ0n) is 26.4. The van der Waals surface area contributed by atoms with Crippen LogP contribution in [0, 0.1) is 17.5 Å². The van der Waals surface area contributed by atoms with Gasteiger partial charge in [0.15, 0.2) is 0 Å². The summed E-state index contributed by atoms with van der Waals surface area (Å²) in [5, 5.41) is 2.44. The Labute approximate surface area is 267 Å². The molecule has 1 radical (unpaired) electrons. The Balaban J connectivity index is 0.000000215. The van der Waals surface area contributed by atoms with Crippen molar-refractivity contribution in [3.63, 3.8) is 0 Å². The topological polar surface area (TPSA) is 25.8 Å². The second kappa shape index (κ2) is 13.1. The van der Waals surface area contributed by atoms with Gasteiger partial charge in [0.05, 0.1) is 0 Å². The van der Waals surface area contributed by atoms with Gasteiger partial charge in [0.25, 0.3) is 0 Å². The Kier molecular flexibility index (Phi) is 9.12. The largest absolute Gasteiger partial charge is 0 e. The van der Waals surface area contributed by atoms with Crippen molar-refractivity contribution in [2.24, 2.45) is 5.41 Å². The van der Waals surface area contributed by atoms with Crippen LogP contribution < -0.4 is 4.40 Å². The van der Waals surface area contributed by atoms with Crippen LogP contribution in [0.3, 0.4) is 0 Å². The van der Waals surface area contributed by atoms with E-state index in [4.69, 9.17) is 2.74 Å². The fourth-order valence-electron chi connectivity index (χ4n) is 4.51. The first-order chi connectivity index (χ1) is 19.9. The van der Waals surface area contributed by atoms with E-state index in [2.05, 4.69) is 81.8 Å². The van der Waals surface area contributed by atoms with E-state index in [1.807, 2.05) is 63.4 Å². The first kappa shape index (κ1) is 28.5. The van der Waals surface area contributed by atoms with Crippen molar-refractivity contribution in [1.29, 1.82) is 0 Å². The molecular weight excluding hydrogens is 757 g/mol. The number of rotatable bonds is 4. The third kappa shape index (κ3) is 7.81. The van der Waals surface area contributed by atoms with Crippen LogP contribution in [0.2, 0.25) is 17.3 Å². The van der Waals surface area contributed by atoms with Gasteiger partial charge in [-0.15, -0.1) is 23.8 Å². The van der Waals surface area contributed by atoms with Crippen LogP contribution in [-0.2, 0) is 26.5 Å². The number of hydrogen-bond donors (Lipinski definition) is 0. The Morgan fingerprint density at radius 2 is 1.61 bits per heavy atom. The second-order valence-electron chi connectivity index (χ2n) is 12.0. The van der Waals surface area contributed by atoms with Gasteiger partial charge in [0.2, 0.25) is 0 Å². The van der Waals surface area contributed by atoms with E-state index in [0.29, 0.717) is 5.56 Å². The summed E-state index contributed by atoms with van der Waals surface area (Å²) in [6.07, 6.45) is 2.29. The second-order valence-corrected chi connectivity index (χ2v) is 23.7. The molecule has 0 aliphatic heterocycles. The van der Waals surface area contributed by atoms with Crippen LogP contribution in [0.1, 0.15) is 29.1 Å². The Morgan fingerprint density at radius 3 is 2.29 bits per heavy atom. The molecule has 3 aromatic carbocycles. The van der Waals surface area contributed by atoms with E-state index < -0.39 is 25.1 Å². The first-order valence-corrected chi connectivity index (χ1v) is 21.7. The fraction of sp³-hybridized carbons (Fsp3) is 0.222. The molecule has 211 valence electrons. The van der Waals surface area contributed by atoms with Gasteiger partial charge in [-0.25, -0.2) is 0 Å². The molecule has 3 aromatic heterocycles. The average Bonchev–Trinajstić information content (AvgIpc) is 3.36. The van der Waals surface area contributed by atoms with Crippen LogP contribution in [0.5, 0.6) is 0 Å². The smallest absolute Gasteiger partial charge is 0 e. The molecule has 0 fully saturated rings. The van der Waals surface area contributed by atoms with Crippen molar-refractivity contribution in [2.45, 2.75) is 44.4 Å². The zero-order chi connectivity index (χ0) is 30.1. The Bertz CT molecular complexity index is 1820. The average molecular weight is 796 g/mol. The number of nitrogens with zero attached hydrogens (tertiary/aromatic N) is 2. The van der Waals surface area contributed by atoms with Gasteiger partial charge in [0, 0.05) is 33.7 Å². The Morgan fingerprint density at radius 1 is 0.829 bits per heavy atom. The number of aromatic nitrogens is 2. The minimum Gasteiger partial charge on any atom is 0 e. The molecule has 0 atom stereocenters. The third-order valence-electron chi connectivity index (χ3n) is 6.49. The van der Waals surface area contributed by atoms with E-state index in [-0.39, 0.29) is 20.1 Å². The maximum Gasteiger partial charge on any atom is 0 e. The van der Waals surface area contributed by atoms with Crippen molar-refractivity contribution in [2.75, 3.05) is 0 Å². The van der Waals surface area contributed by atoms with Crippen LogP contribution >= 0.6 is 11.3 Å². The van der Waals surface area contributed by atoms with Crippen molar-refractivity contribution in [3.05, 3.63) is 115 Å².